The van der Waals surface area contributed by atoms with Crippen LogP contribution < -0.4 is 0 Å². The van der Waals surface area contributed by atoms with Gasteiger partial charge in [-0.3, -0.25) is 4.79 Å². The summed E-state index contributed by atoms with van der Waals surface area (Å²) in [7, 11) is 0. The maximum absolute atomic E-state index is 11.4. The zero-order valence-corrected chi connectivity index (χ0v) is 10.3. The number of carbonyl (C=O) groups is 2. The fraction of sp³-hybridized carbons (Fsp3) is 0.333. The lowest BCUT2D eigenvalue weighted by Crippen LogP contribution is -2.23. The first-order chi connectivity index (χ1) is 8.13. The van der Waals surface area contributed by atoms with Crippen LogP contribution in [0.25, 0.3) is 0 Å². The van der Waals surface area contributed by atoms with Crippen molar-refractivity contribution < 1.29 is 19.4 Å². The molecule has 1 N–H and O–H groups in total. The van der Waals surface area contributed by atoms with E-state index in [1.807, 2.05) is 30.3 Å². The van der Waals surface area contributed by atoms with Crippen molar-refractivity contribution in [3.05, 3.63) is 35.9 Å². The number of esters is 1. The molecule has 0 heterocycles. The van der Waals surface area contributed by atoms with Crippen LogP contribution in [-0.2, 0) is 20.1 Å². The molecule has 1 aromatic carbocycles. The minimum absolute atomic E-state index is 0.289. The summed E-state index contributed by atoms with van der Waals surface area (Å²) in [5, 5.41) is 8.03. The summed E-state index contributed by atoms with van der Waals surface area (Å²) < 4.78 is 4.69. The summed E-state index contributed by atoms with van der Waals surface area (Å²) in [5.41, 5.74) is 0.967. The van der Waals surface area contributed by atoms with E-state index in [2.05, 4.69) is 0 Å². The van der Waals surface area contributed by atoms with Crippen LogP contribution in [0, 0.1) is 0 Å². The summed E-state index contributed by atoms with van der Waals surface area (Å²) in [6.45, 7) is 1.23. The molecule has 0 bridgehead atoms. The Morgan fingerprint density at radius 1 is 1.35 bits per heavy atom. The highest BCUT2D eigenvalue weighted by atomic mass is 32.2. The summed E-state index contributed by atoms with van der Waals surface area (Å²) in [4.78, 5) is 22.6. The molecular formula is C12H14O4S. The molecule has 5 heteroatoms. The van der Waals surface area contributed by atoms with Gasteiger partial charge in [0.15, 0.2) is 0 Å². The molecule has 1 atom stereocenters. The normalized spacial score (nSPS) is 11.9. The number of benzene rings is 1. The molecule has 0 spiro atoms. The lowest BCUT2D eigenvalue weighted by molar-refractivity contribution is -0.155. The van der Waals surface area contributed by atoms with Gasteiger partial charge < -0.3 is 9.84 Å². The number of aliphatic hydroxyl groups excluding tert-OH is 1. The van der Waals surface area contributed by atoms with Crippen molar-refractivity contribution in [1.82, 2.24) is 0 Å². The van der Waals surface area contributed by atoms with Gasteiger partial charge in [-0.1, -0.05) is 42.1 Å². The Kier molecular flexibility index (Phi) is 5.72. The third-order valence-electron chi connectivity index (χ3n) is 1.94. The Morgan fingerprint density at radius 2 is 2.00 bits per heavy atom. The van der Waals surface area contributed by atoms with Crippen molar-refractivity contribution in [2.24, 2.45) is 0 Å². The minimum atomic E-state index is -0.910. The number of carbonyl (C=O) groups excluding carboxylic acids is 2. The second-order valence-electron chi connectivity index (χ2n) is 3.46. The van der Waals surface area contributed by atoms with E-state index in [4.69, 9.17) is 9.84 Å². The van der Waals surface area contributed by atoms with Crippen LogP contribution >= 0.6 is 11.8 Å². The van der Waals surface area contributed by atoms with Gasteiger partial charge >= 0.3 is 5.97 Å². The van der Waals surface area contributed by atoms with Gasteiger partial charge in [0.1, 0.15) is 6.10 Å². The predicted molar refractivity (Wildman–Crippen MR) is 65.4 cm³/mol. The topological polar surface area (TPSA) is 63.6 Å². The van der Waals surface area contributed by atoms with E-state index < -0.39 is 17.2 Å². The second-order valence-corrected chi connectivity index (χ2v) is 4.41. The van der Waals surface area contributed by atoms with Gasteiger partial charge in [-0.25, -0.2) is 4.79 Å². The average molecular weight is 254 g/mol. The van der Waals surface area contributed by atoms with E-state index in [9.17, 15) is 9.59 Å². The molecule has 0 amide bonds. The fourth-order valence-electron chi connectivity index (χ4n) is 1.05. The highest BCUT2D eigenvalue weighted by Crippen LogP contribution is 2.13. The van der Waals surface area contributed by atoms with Crippen molar-refractivity contribution in [3.8, 4) is 0 Å². The van der Waals surface area contributed by atoms with Gasteiger partial charge in [-0.2, -0.15) is 0 Å². The first-order valence-corrected chi connectivity index (χ1v) is 6.14. The molecule has 0 radical (unpaired) electrons. The van der Waals surface area contributed by atoms with Gasteiger partial charge in [0.05, 0.1) is 6.61 Å². The molecular weight excluding hydrogens is 240 g/mol. The number of ether oxygens (including phenoxy) is 1. The summed E-state index contributed by atoms with van der Waals surface area (Å²) >= 11 is 0.895. The van der Waals surface area contributed by atoms with Gasteiger partial charge in [-0.05, 0) is 12.5 Å². The molecule has 0 saturated carbocycles. The fourth-order valence-corrected chi connectivity index (χ4v) is 1.71. The first-order valence-electron chi connectivity index (χ1n) is 5.16. The number of hydrogen-bond donors (Lipinski definition) is 1. The molecule has 0 fully saturated rings. The second kappa shape index (κ2) is 7.09. The van der Waals surface area contributed by atoms with Crippen LogP contribution in [0.3, 0.4) is 0 Å². The highest BCUT2D eigenvalue weighted by Gasteiger charge is 2.18. The van der Waals surface area contributed by atoms with E-state index in [-0.39, 0.29) is 6.61 Å². The largest absolute Gasteiger partial charge is 0.454 e. The molecule has 1 aromatic rings. The minimum Gasteiger partial charge on any atom is -0.454 e. The number of hydrogen-bond acceptors (Lipinski definition) is 5. The summed E-state index contributed by atoms with van der Waals surface area (Å²) in [6, 6.07) is 9.37. The van der Waals surface area contributed by atoms with E-state index in [0.29, 0.717) is 5.75 Å². The van der Waals surface area contributed by atoms with Crippen LogP contribution in [0.1, 0.15) is 12.5 Å². The lowest BCUT2D eigenvalue weighted by atomic mass is 10.2. The monoisotopic (exact) mass is 254 g/mol. The Labute approximate surface area is 104 Å². The molecule has 0 saturated heterocycles. The molecule has 92 valence electrons. The first kappa shape index (κ1) is 13.7. The molecule has 0 aliphatic rings. The van der Waals surface area contributed by atoms with Crippen LogP contribution in [0.4, 0.5) is 0 Å². The van der Waals surface area contributed by atoms with Gasteiger partial charge in [-0.15, -0.1) is 0 Å². The molecule has 1 unspecified atom stereocenters. The average Bonchev–Trinajstić information content (AvgIpc) is 2.36. The zero-order valence-electron chi connectivity index (χ0n) is 9.46. The Hall–Kier alpha value is -1.33. The van der Waals surface area contributed by atoms with Gasteiger partial charge in [0.2, 0.25) is 0 Å². The Balaban J connectivity index is 2.37. The number of aliphatic hydroxyl groups is 1. The van der Waals surface area contributed by atoms with E-state index in [1.54, 1.807) is 0 Å². The molecule has 0 aliphatic carbocycles. The zero-order chi connectivity index (χ0) is 12.7. The quantitative estimate of drug-likeness (QED) is 0.649. The third-order valence-corrected chi connectivity index (χ3v) is 2.85. The van der Waals surface area contributed by atoms with E-state index >= 15 is 0 Å². The van der Waals surface area contributed by atoms with Crippen LogP contribution in [0.2, 0.25) is 0 Å². The molecule has 0 aromatic heterocycles. The van der Waals surface area contributed by atoms with Crippen LogP contribution in [0.5, 0.6) is 0 Å². The molecule has 0 aliphatic heterocycles. The smallest absolute Gasteiger partial charge is 0.386 e. The van der Waals surface area contributed by atoms with Crippen LogP contribution in [0.15, 0.2) is 30.3 Å². The van der Waals surface area contributed by atoms with E-state index in [0.717, 1.165) is 17.3 Å². The standard InChI is InChI=1S/C12H14O4S/c1-9(7-13)16-11(14)12(15)17-8-10-5-3-2-4-6-10/h2-6,9,13H,7-8H2,1H3. The van der Waals surface area contributed by atoms with Gasteiger partial charge in [0, 0.05) is 5.75 Å². The van der Waals surface area contributed by atoms with Crippen molar-refractivity contribution in [1.29, 1.82) is 0 Å². The maximum Gasteiger partial charge on any atom is 0.386 e. The SMILES string of the molecule is CC(CO)OC(=O)C(=O)SCc1ccccc1. The highest BCUT2D eigenvalue weighted by molar-refractivity contribution is 8.14. The Morgan fingerprint density at radius 3 is 2.59 bits per heavy atom. The van der Waals surface area contributed by atoms with Gasteiger partial charge in [0.25, 0.3) is 5.12 Å². The van der Waals surface area contributed by atoms with Crippen LogP contribution in [-0.4, -0.2) is 28.9 Å². The van der Waals surface area contributed by atoms with Crippen molar-refractivity contribution in [2.75, 3.05) is 6.61 Å². The van der Waals surface area contributed by atoms with Crippen molar-refractivity contribution >= 4 is 22.8 Å². The predicted octanol–water partition coefficient (Wildman–Crippen LogP) is 1.37. The van der Waals surface area contributed by atoms with Crippen molar-refractivity contribution in [2.45, 2.75) is 18.8 Å². The number of thioether (sulfide) groups is 1. The van der Waals surface area contributed by atoms with Crippen molar-refractivity contribution in [3.63, 3.8) is 0 Å². The summed E-state index contributed by atoms with van der Waals surface area (Å²) in [6.07, 6.45) is -0.649. The third kappa shape index (κ3) is 5.01. The molecule has 4 nitrogen and oxygen atoms in total. The molecule has 1 rings (SSSR count). The Bertz CT molecular complexity index is 377. The molecule has 17 heavy (non-hydrogen) atoms. The maximum atomic E-state index is 11.4. The summed E-state index contributed by atoms with van der Waals surface area (Å²) in [5.74, 6) is -0.477. The number of rotatable bonds is 4. The lowest BCUT2D eigenvalue weighted by Gasteiger charge is -2.08. The van der Waals surface area contributed by atoms with E-state index in [1.165, 1.54) is 6.92 Å².